The summed E-state index contributed by atoms with van der Waals surface area (Å²) in [6.45, 7) is 5.83. The van der Waals surface area contributed by atoms with Gasteiger partial charge in [0.25, 0.3) is 5.91 Å². The van der Waals surface area contributed by atoms with Crippen LogP contribution in [0.1, 0.15) is 24.2 Å². The number of anilines is 4. The van der Waals surface area contributed by atoms with Gasteiger partial charge in [0, 0.05) is 36.3 Å². The maximum Gasteiger partial charge on any atom is 0.323 e. The predicted molar refractivity (Wildman–Crippen MR) is 121 cm³/mol. The van der Waals surface area contributed by atoms with Crippen molar-refractivity contribution in [2.45, 2.75) is 13.8 Å². The Labute approximate surface area is 176 Å². The van der Waals surface area contributed by atoms with Crippen LogP contribution in [0.25, 0.3) is 0 Å². The van der Waals surface area contributed by atoms with Gasteiger partial charge in [-0.05, 0) is 56.3 Å². The van der Waals surface area contributed by atoms with E-state index < -0.39 is 0 Å². The molecule has 7 heteroatoms. The van der Waals surface area contributed by atoms with Crippen molar-refractivity contribution in [1.82, 2.24) is 4.98 Å². The molecule has 0 fully saturated rings. The monoisotopic (exact) mass is 403 g/mol. The molecule has 3 aromatic rings. The SMILES string of the molecule is CCN(CC)c1ccc(C(=O)Nc2cccc(NC(=O)Nc3ccccc3)c2)cn1. The van der Waals surface area contributed by atoms with E-state index in [0.29, 0.717) is 22.6 Å². The molecule has 0 bridgehead atoms. The van der Waals surface area contributed by atoms with Crippen molar-refractivity contribution in [3.05, 3.63) is 78.5 Å². The van der Waals surface area contributed by atoms with Gasteiger partial charge in [0.15, 0.2) is 0 Å². The maximum absolute atomic E-state index is 12.5. The summed E-state index contributed by atoms with van der Waals surface area (Å²) in [6, 6.07) is 19.4. The molecule has 1 aromatic heterocycles. The normalized spacial score (nSPS) is 10.2. The molecule has 3 rings (SSSR count). The summed E-state index contributed by atoms with van der Waals surface area (Å²) in [5, 5.41) is 8.34. The molecule has 0 atom stereocenters. The van der Waals surface area contributed by atoms with E-state index in [9.17, 15) is 9.59 Å². The van der Waals surface area contributed by atoms with Crippen LogP contribution in [0.3, 0.4) is 0 Å². The molecule has 0 aliphatic rings. The molecule has 1 heterocycles. The topological polar surface area (TPSA) is 86.4 Å². The highest BCUT2D eigenvalue weighted by molar-refractivity contribution is 6.05. The lowest BCUT2D eigenvalue weighted by molar-refractivity contribution is 0.102. The molecule has 3 N–H and O–H groups in total. The standard InChI is InChI=1S/C23H25N5O2/c1-3-28(4-2)21-14-13-17(16-24-21)22(29)25-19-11-8-12-20(15-19)27-23(30)26-18-9-6-5-7-10-18/h5-16H,3-4H2,1-2H3,(H,25,29)(H2,26,27,30). The second-order valence-electron chi connectivity index (χ2n) is 6.56. The van der Waals surface area contributed by atoms with Crippen molar-refractivity contribution >= 4 is 34.8 Å². The van der Waals surface area contributed by atoms with Crippen molar-refractivity contribution in [2.24, 2.45) is 0 Å². The highest BCUT2D eigenvalue weighted by Gasteiger charge is 2.10. The first-order chi connectivity index (χ1) is 14.6. The van der Waals surface area contributed by atoms with E-state index in [-0.39, 0.29) is 11.9 Å². The Morgan fingerprint density at radius 3 is 2.07 bits per heavy atom. The Morgan fingerprint density at radius 2 is 1.43 bits per heavy atom. The van der Waals surface area contributed by atoms with E-state index in [4.69, 9.17) is 0 Å². The van der Waals surface area contributed by atoms with Gasteiger partial charge in [0.05, 0.1) is 5.56 Å². The first-order valence-electron chi connectivity index (χ1n) is 9.84. The fourth-order valence-corrected chi connectivity index (χ4v) is 2.95. The fraction of sp³-hybridized carbons (Fsp3) is 0.174. The molecule has 0 saturated heterocycles. The van der Waals surface area contributed by atoms with Gasteiger partial charge < -0.3 is 20.9 Å². The summed E-state index contributed by atoms with van der Waals surface area (Å²) in [5.74, 6) is 0.576. The van der Waals surface area contributed by atoms with Gasteiger partial charge in [-0.3, -0.25) is 4.79 Å². The molecule has 3 amide bonds. The minimum Gasteiger partial charge on any atom is -0.357 e. The molecule has 0 saturated carbocycles. The minimum atomic E-state index is -0.360. The Kier molecular flexibility index (Phi) is 7.00. The third-order valence-corrected chi connectivity index (χ3v) is 4.51. The van der Waals surface area contributed by atoms with E-state index in [1.807, 2.05) is 24.3 Å². The predicted octanol–water partition coefficient (Wildman–Crippen LogP) is 4.82. The number of hydrogen-bond donors (Lipinski definition) is 3. The smallest absolute Gasteiger partial charge is 0.323 e. The molecular weight excluding hydrogens is 378 g/mol. The minimum absolute atomic E-state index is 0.264. The molecule has 2 aromatic carbocycles. The van der Waals surface area contributed by atoms with E-state index in [1.54, 1.807) is 48.7 Å². The van der Waals surface area contributed by atoms with Gasteiger partial charge in [-0.1, -0.05) is 24.3 Å². The molecule has 0 unspecified atom stereocenters. The van der Waals surface area contributed by atoms with Crippen LogP contribution >= 0.6 is 0 Å². The molecule has 30 heavy (non-hydrogen) atoms. The number of hydrogen-bond acceptors (Lipinski definition) is 4. The number of para-hydroxylation sites is 1. The molecule has 0 spiro atoms. The number of nitrogens with one attached hydrogen (secondary N) is 3. The number of carbonyl (C=O) groups excluding carboxylic acids is 2. The van der Waals surface area contributed by atoms with Gasteiger partial charge in [-0.15, -0.1) is 0 Å². The van der Waals surface area contributed by atoms with Crippen LogP contribution in [0.15, 0.2) is 72.9 Å². The zero-order chi connectivity index (χ0) is 21.3. The van der Waals surface area contributed by atoms with Crippen LogP contribution < -0.4 is 20.9 Å². The largest absolute Gasteiger partial charge is 0.357 e. The first kappa shape index (κ1) is 20.9. The number of aromatic nitrogens is 1. The third-order valence-electron chi connectivity index (χ3n) is 4.51. The number of benzene rings is 2. The first-order valence-corrected chi connectivity index (χ1v) is 9.84. The quantitative estimate of drug-likeness (QED) is 0.528. The van der Waals surface area contributed by atoms with E-state index in [1.165, 1.54) is 0 Å². The van der Waals surface area contributed by atoms with Crippen LogP contribution in [0, 0.1) is 0 Å². The van der Waals surface area contributed by atoms with Crippen LogP contribution in [0.4, 0.5) is 27.7 Å². The Balaban J connectivity index is 1.61. The van der Waals surface area contributed by atoms with Crippen molar-refractivity contribution < 1.29 is 9.59 Å². The van der Waals surface area contributed by atoms with Crippen LogP contribution in [0.2, 0.25) is 0 Å². The summed E-state index contributed by atoms with van der Waals surface area (Å²) in [5.41, 5.74) is 2.30. The van der Waals surface area contributed by atoms with Gasteiger partial charge in [-0.2, -0.15) is 0 Å². The maximum atomic E-state index is 12.5. The highest BCUT2D eigenvalue weighted by atomic mass is 16.2. The zero-order valence-corrected chi connectivity index (χ0v) is 17.1. The summed E-state index contributed by atoms with van der Waals surface area (Å²) >= 11 is 0. The van der Waals surface area contributed by atoms with E-state index in [2.05, 4.69) is 39.7 Å². The molecule has 0 aliphatic carbocycles. The lowest BCUT2D eigenvalue weighted by atomic mass is 10.2. The number of urea groups is 1. The summed E-state index contributed by atoms with van der Waals surface area (Å²) in [4.78, 5) is 31.2. The Morgan fingerprint density at radius 1 is 0.800 bits per heavy atom. The average Bonchev–Trinajstić information content (AvgIpc) is 2.76. The van der Waals surface area contributed by atoms with Crippen molar-refractivity contribution in [3.63, 3.8) is 0 Å². The molecule has 154 valence electrons. The van der Waals surface area contributed by atoms with Crippen LogP contribution in [-0.2, 0) is 0 Å². The second kappa shape index (κ2) is 10.1. The second-order valence-corrected chi connectivity index (χ2v) is 6.56. The zero-order valence-electron chi connectivity index (χ0n) is 17.1. The fourth-order valence-electron chi connectivity index (χ4n) is 2.95. The number of rotatable bonds is 7. The molecule has 0 aliphatic heterocycles. The van der Waals surface area contributed by atoms with Crippen molar-refractivity contribution in [1.29, 1.82) is 0 Å². The highest BCUT2D eigenvalue weighted by Crippen LogP contribution is 2.17. The molecular formula is C23H25N5O2. The number of nitrogens with zero attached hydrogens (tertiary/aromatic N) is 2. The van der Waals surface area contributed by atoms with E-state index in [0.717, 1.165) is 18.9 Å². The number of amides is 3. The lowest BCUT2D eigenvalue weighted by Crippen LogP contribution is -2.23. The third kappa shape index (κ3) is 5.57. The van der Waals surface area contributed by atoms with Gasteiger partial charge >= 0.3 is 6.03 Å². The lowest BCUT2D eigenvalue weighted by Gasteiger charge is -2.19. The van der Waals surface area contributed by atoms with Crippen molar-refractivity contribution in [3.8, 4) is 0 Å². The van der Waals surface area contributed by atoms with Gasteiger partial charge in [-0.25, -0.2) is 9.78 Å². The summed E-state index contributed by atoms with van der Waals surface area (Å²) in [7, 11) is 0. The summed E-state index contributed by atoms with van der Waals surface area (Å²) < 4.78 is 0. The number of carbonyl (C=O) groups is 2. The van der Waals surface area contributed by atoms with Crippen LogP contribution in [0.5, 0.6) is 0 Å². The van der Waals surface area contributed by atoms with Crippen LogP contribution in [-0.4, -0.2) is 30.0 Å². The van der Waals surface area contributed by atoms with Crippen molar-refractivity contribution in [2.75, 3.05) is 33.9 Å². The molecule has 0 radical (unpaired) electrons. The Bertz CT molecular complexity index is 986. The van der Waals surface area contributed by atoms with Gasteiger partial charge in [0.2, 0.25) is 0 Å². The van der Waals surface area contributed by atoms with E-state index >= 15 is 0 Å². The number of pyridine rings is 1. The Hall–Kier alpha value is -3.87. The molecule has 7 nitrogen and oxygen atoms in total. The average molecular weight is 403 g/mol. The summed E-state index contributed by atoms with van der Waals surface area (Å²) in [6.07, 6.45) is 1.57. The van der Waals surface area contributed by atoms with Gasteiger partial charge in [0.1, 0.15) is 5.82 Å².